The van der Waals surface area contributed by atoms with Gasteiger partial charge in [0.05, 0.1) is 5.69 Å². The van der Waals surface area contributed by atoms with E-state index in [1.54, 1.807) is 0 Å². The minimum atomic E-state index is -1.21. The number of carboxylic acid groups (broad SMARTS) is 1. The van der Waals surface area contributed by atoms with Crippen LogP contribution in [0.15, 0.2) is 18.2 Å². The first-order valence-electron chi connectivity index (χ1n) is 4.73. The molecule has 17 heavy (non-hydrogen) atoms. The Morgan fingerprint density at radius 2 is 2.00 bits per heavy atom. The smallest absolute Gasteiger partial charge is 0.353 e. The molecular formula is C11H8F2N2O2. The van der Waals surface area contributed by atoms with Crippen LogP contribution in [-0.2, 0) is 0 Å². The number of benzene rings is 1. The van der Waals surface area contributed by atoms with Gasteiger partial charge in [0.25, 0.3) is 0 Å². The number of nitrogens with zero attached hydrogens (tertiary/aromatic N) is 1. The summed E-state index contributed by atoms with van der Waals surface area (Å²) in [5.74, 6) is -2.43. The highest BCUT2D eigenvalue weighted by atomic mass is 19.1. The number of H-pyrrole nitrogens is 1. The molecule has 0 aliphatic rings. The van der Waals surface area contributed by atoms with E-state index in [1.165, 1.54) is 6.92 Å². The van der Waals surface area contributed by atoms with Crippen LogP contribution in [0.1, 0.15) is 16.1 Å². The lowest BCUT2D eigenvalue weighted by Gasteiger charge is -2.02. The van der Waals surface area contributed by atoms with Gasteiger partial charge in [-0.25, -0.2) is 13.6 Å². The summed E-state index contributed by atoms with van der Waals surface area (Å²) >= 11 is 0. The van der Waals surface area contributed by atoms with Crippen molar-refractivity contribution < 1.29 is 18.7 Å². The topological polar surface area (TPSA) is 66.0 Å². The lowest BCUT2D eigenvalue weighted by atomic mass is 10.1. The predicted molar refractivity (Wildman–Crippen MR) is 55.6 cm³/mol. The molecule has 0 atom stereocenters. The number of aromatic amines is 1. The number of hydrogen-bond acceptors (Lipinski definition) is 2. The summed E-state index contributed by atoms with van der Waals surface area (Å²) in [7, 11) is 0. The molecule has 1 heterocycles. The molecule has 0 amide bonds. The van der Waals surface area contributed by atoms with Gasteiger partial charge in [-0.3, -0.25) is 5.10 Å². The van der Waals surface area contributed by atoms with Gasteiger partial charge in [0.1, 0.15) is 17.3 Å². The highest BCUT2D eigenvalue weighted by Gasteiger charge is 2.14. The number of aromatic carboxylic acids is 1. The third kappa shape index (κ3) is 2.01. The molecule has 0 saturated carbocycles. The Morgan fingerprint density at radius 1 is 1.29 bits per heavy atom. The van der Waals surface area contributed by atoms with Gasteiger partial charge >= 0.3 is 5.97 Å². The molecule has 0 saturated heterocycles. The summed E-state index contributed by atoms with van der Waals surface area (Å²) < 4.78 is 26.8. The van der Waals surface area contributed by atoms with Gasteiger partial charge in [0, 0.05) is 5.56 Å². The van der Waals surface area contributed by atoms with Crippen molar-refractivity contribution in [2.45, 2.75) is 6.92 Å². The summed E-state index contributed by atoms with van der Waals surface area (Å²) in [6.07, 6.45) is 0. The number of rotatable bonds is 2. The normalized spacial score (nSPS) is 10.5. The summed E-state index contributed by atoms with van der Waals surface area (Å²) in [6.45, 7) is 1.44. The second-order valence-corrected chi connectivity index (χ2v) is 3.55. The van der Waals surface area contributed by atoms with Crippen LogP contribution in [0, 0.1) is 18.6 Å². The van der Waals surface area contributed by atoms with Crippen molar-refractivity contribution >= 4 is 5.97 Å². The molecule has 0 bridgehead atoms. The molecule has 0 unspecified atom stereocenters. The summed E-state index contributed by atoms with van der Waals surface area (Å²) in [4.78, 5) is 10.6. The highest BCUT2D eigenvalue weighted by molar-refractivity contribution is 5.86. The molecular weight excluding hydrogens is 230 g/mol. The van der Waals surface area contributed by atoms with Gasteiger partial charge in [0.15, 0.2) is 0 Å². The van der Waals surface area contributed by atoms with E-state index in [1.807, 2.05) is 0 Å². The van der Waals surface area contributed by atoms with Gasteiger partial charge in [-0.1, -0.05) is 0 Å². The summed E-state index contributed by atoms with van der Waals surface area (Å²) in [5, 5.41) is 14.5. The molecule has 88 valence electrons. The fraction of sp³-hybridized carbons (Fsp3) is 0.0909. The Bertz CT molecular complexity index is 593. The molecule has 2 aromatic rings. The number of aromatic nitrogens is 2. The van der Waals surface area contributed by atoms with Crippen LogP contribution in [-0.4, -0.2) is 21.3 Å². The van der Waals surface area contributed by atoms with E-state index in [0.29, 0.717) is 0 Å². The fourth-order valence-electron chi connectivity index (χ4n) is 1.41. The first-order chi connectivity index (χ1) is 7.99. The van der Waals surface area contributed by atoms with Crippen LogP contribution in [0.2, 0.25) is 0 Å². The SMILES string of the molecule is Cc1cc(F)c(-c2cc(C(=O)O)[nH]n2)cc1F. The van der Waals surface area contributed by atoms with Crippen molar-refractivity contribution in [2.75, 3.05) is 0 Å². The van der Waals surface area contributed by atoms with Gasteiger partial charge in [0.2, 0.25) is 0 Å². The number of carboxylic acids is 1. The number of hydrogen-bond donors (Lipinski definition) is 2. The maximum atomic E-state index is 13.6. The third-order valence-corrected chi connectivity index (χ3v) is 2.33. The molecule has 1 aromatic carbocycles. The molecule has 0 fully saturated rings. The molecule has 0 radical (unpaired) electrons. The Labute approximate surface area is 94.9 Å². The minimum Gasteiger partial charge on any atom is -0.477 e. The number of nitrogens with one attached hydrogen (secondary N) is 1. The van der Waals surface area contributed by atoms with E-state index in [2.05, 4.69) is 10.2 Å². The zero-order valence-corrected chi connectivity index (χ0v) is 8.79. The number of carbonyl (C=O) groups is 1. The second kappa shape index (κ2) is 3.97. The van der Waals surface area contributed by atoms with E-state index in [4.69, 9.17) is 5.11 Å². The first kappa shape index (κ1) is 11.3. The number of halogens is 2. The van der Waals surface area contributed by atoms with Crippen LogP contribution in [0.25, 0.3) is 11.3 Å². The monoisotopic (exact) mass is 238 g/mol. The van der Waals surface area contributed by atoms with Crippen LogP contribution < -0.4 is 0 Å². The van der Waals surface area contributed by atoms with Crippen molar-refractivity contribution in [3.05, 3.63) is 41.1 Å². The van der Waals surface area contributed by atoms with E-state index in [9.17, 15) is 13.6 Å². The Morgan fingerprint density at radius 3 is 2.59 bits per heavy atom. The standard InChI is InChI=1S/C11H8F2N2O2/c1-5-2-8(13)6(3-7(5)12)9-4-10(11(16)17)15-14-9/h2-4H,1H3,(H,14,15)(H,16,17). The summed E-state index contributed by atoms with van der Waals surface area (Å²) in [5.41, 5.74) is -0.0173. The highest BCUT2D eigenvalue weighted by Crippen LogP contribution is 2.24. The van der Waals surface area contributed by atoms with Crippen LogP contribution >= 0.6 is 0 Å². The van der Waals surface area contributed by atoms with Crippen LogP contribution in [0.3, 0.4) is 0 Å². The van der Waals surface area contributed by atoms with E-state index in [-0.39, 0.29) is 22.5 Å². The molecule has 4 nitrogen and oxygen atoms in total. The van der Waals surface area contributed by atoms with E-state index in [0.717, 1.165) is 18.2 Å². The molecule has 2 rings (SSSR count). The lowest BCUT2D eigenvalue weighted by molar-refractivity contribution is 0.0690. The van der Waals surface area contributed by atoms with Crippen molar-refractivity contribution in [1.82, 2.24) is 10.2 Å². The van der Waals surface area contributed by atoms with E-state index < -0.39 is 17.6 Å². The number of aryl methyl sites for hydroxylation is 1. The van der Waals surface area contributed by atoms with Crippen LogP contribution in [0.4, 0.5) is 8.78 Å². The third-order valence-electron chi connectivity index (χ3n) is 2.33. The zero-order chi connectivity index (χ0) is 12.6. The molecule has 1 aromatic heterocycles. The van der Waals surface area contributed by atoms with Gasteiger partial charge < -0.3 is 5.11 Å². The molecule has 6 heteroatoms. The largest absolute Gasteiger partial charge is 0.477 e. The maximum absolute atomic E-state index is 13.6. The predicted octanol–water partition coefficient (Wildman–Crippen LogP) is 2.36. The van der Waals surface area contributed by atoms with Crippen molar-refractivity contribution in [2.24, 2.45) is 0 Å². The van der Waals surface area contributed by atoms with Gasteiger partial charge in [-0.05, 0) is 30.7 Å². The lowest BCUT2D eigenvalue weighted by Crippen LogP contribution is -1.95. The summed E-state index contributed by atoms with van der Waals surface area (Å²) in [6, 6.07) is 3.18. The Kier molecular flexibility index (Phi) is 2.63. The molecule has 0 spiro atoms. The van der Waals surface area contributed by atoms with Crippen molar-refractivity contribution in [1.29, 1.82) is 0 Å². The minimum absolute atomic E-state index is 0.0544. The van der Waals surface area contributed by atoms with E-state index >= 15 is 0 Å². The zero-order valence-electron chi connectivity index (χ0n) is 8.79. The quantitative estimate of drug-likeness (QED) is 0.844. The van der Waals surface area contributed by atoms with Gasteiger partial charge in [-0.15, -0.1) is 0 Å². The van der Waals surface area contributed by atoms with Crippen molar-refractivity contribution in [3.8, 4) is 11.3 Å². The maximum Gasteiger partial charge on any atom is 0.353 e. The molecule has 0 aliphatic heterocycles. The van der Waals surface area contributed by atoms with Gasteiger partial charge in [-0.2, -0.15) is 5.10 Å². The first-order valence-corrected chi connectivity index (χ1v) is 4.73. The molecule has 0 aliphatic carbocycles. The average Bonchev–Trinajstić information content (AvgIpc) is 2.72. The fourth-order valence-corrected chi connectivity index (χ4v) is 1.41. The Hall–Kier alpha value is -2.24. The van der Waals surface area contributed by atoms with Crippen LogP contribution in [0.5, 0.6) is 0 Å². The molecule has 2 N–H and O–H groups in total. The van der Waals surface area contributed by atoms with Crippen molar-refractivity contribution in [3.63, 3.8) is 0 Å². The average molecular weight is 238 g/mol. The second-order valence-electron chi connectivity index (χ2n) is 3.55. The Balaban J connectivity index is 2.52.